The van der Waals surface area contributed by atoms with Crippen molar-refractivity contribution in [3.05, 3.63) is 54.7 Å². The second-order valence-corrected chi connectivity index (χ2v) is 5.78. The summed E-state index contributed by atoms with van der Waals surface area (Å²) in [4.78, 5) is 8.43. The zero-order valence-electron chi connectivity index (χ0n) is 14.2. The fourth-order valence-electron chi connectivity index (χ4n) is 2.87. The summed E-state index contributed by atoms with van der Waals surface area (Å²) < 4.78 is 47.4. The Morgan fingerprint density at radius 2 is 1.85 bits per heavy atom. The fraction of sp³-hybridized carbons (Fsp3) is 0.167. The van der Waals surface area contributed by atoms with E-state index in [0.717, 1.165) is 0 Å². The molecule has 0 saturated heterocycles. The van der Waals surface area contributed by atoms with Crippen LogP contribution in [0.2, 0.25) is 0 Å². The smallest absolute Gasteiger partial charge is 0.256 e. The van der Waals surface area contributed by atoms with Crippen LogP contribution in [0.25, 0.3) is 28.3 Å². The largest absolute Gasteiger partial charge is 0.480 e. The number of fused-ring (bicyclic) bond motifs is 1. The normalized spacial score (nSPS) is 11.4. The van der Waals surface area contributed by atoms with Gasteiger partial charge in [0.25, 0.3) is 6.43 Å². The predicted molar refractivity (Wildman–Crippen MR) is 92.2 cm³/mol. The van der Waals surface area contributed by atoms with Gasteiger partial charge in [0.15, 0.2) is 5.65 Å². The third kappa shape index (κ3) is 3.12. The zero-order valence-corrected chi connectivity index (χ0v) is 14.2. The molecule has 138 valence electrons. The van der Waals surface area contributed by atoms with Gasteiger partial charge in [0.2, 0.25) is 5.88 Å². The van der Waals surface area contributed by atoms with Gasteiger partial charge >= 0.3 is 0 Å². The summed E-state index contributed by atoms with van der Waals surface area (Å²) in [5.74, 6) is 0.0186. The average molecular weight is 373 g/mol. The van der Waals surface area contributed by atoms with Crippen LogP contribution in [0.1, 0.15) is 0 Å². The Morgan fingerprint density at radius 3 is 2.56 bits per heavy atom. The number of rotatable bonds is 5. The molecule has 0 fully saturated rings. The molecule has 27 heavy (non-hydrogen) atoms. The highest BCUT2D eigenvalue weighted by Crippen LogP contribution is 2.31. The molecule has 1 aromatic carbocycles. The highest BCUT2D eigenvalue weighted by molar-refractivity contribution is 5.77. The third-order valence-corrected chi connectivity index (χ3v) is 4.07. The Bertz CT molecular complexity index is 1090. The molecule has 0 amide bonds. The van der Waals surface area contributed by atoms with E-state index in [-0.39, 0.29) is 0 Å². The highest BCUT2D eigenvalue weighted by atomic mass is 19.3. The van der Waals surface area contributed by atoms with Crippen LogP contribution >= 0.6 is 0 Å². The number of ether oxygens (including phenoxy) is 1. The maximum atomic E-state index is 13.3. The number of benzene rings is 1. The Kier molecular flexibility index (Phi) is 4.27. The molecule has 0 bridgehead atoms. The van der Waals surface area contributed by atoms with Crippen LogP contribution in [-0.2, 0) is 6.54 Å². The fourth-order valence-corrected chi connectivity index (χ4v) is 2.87. The molecular formula is C18H14F3N5O. The lowest BCUT2D eigenvalue weighted by atomic mass is 10.1. The van der Waals surface area contributed by atoms with E-state index in [2.05, 4.69) is 15.1 Å². The molecule has 0 aliphatic rings. The lowest BCUT2D eigenvalue weighted by Gasteiger charge is -2.10. The molecule has 0 aliphatic heterocycles. The molecule has 3 heterocycles. The van der Waals surface area contributed by atoms with Crippen molar-refractivity contribution in [3.63, 3.8) is 0 Å². The molecule has 4 rings (SSSR count). The standard InChI is InChI=1S/C18H14F3N5O/c1-27-16-8-22-15-7-6-13(24-26(15)16)18-17(11-2-4-12(19)5-3-11)23-10-25(18)9-14(20)21/h2-8,10,14H,9H2,1H3. The molecular weight excluding hydrogens is 359 g/mol. The Morgan fingerprint density at radius 1 is 1.07 bits per heavy atom. The first-order valence-corrected chi connectivity index (χ1v) is 8.05. The minimum absolute atomic E-state index is 0.394. The van der Waals surface area contributed by atoms with E-state index in [1.807, 2.05) is 0 Å². The molecule has 3 aromatic heterocycles. The van der Waals surface area contributed by atoms with E-state index in [1.54, 1.807) is 24.3 Å². The predicted octanol–water partition coefficient (Wildman–Crippen LogP) is 3.67. The molecule has 6 nitrogen and oxygen atoms in total. The molecule has 0 radical (unpaired) electrons. The number of hydrogen-bond donors (Lipinski definition) is 0. The van der Waals surface area contributed by atoms with Crippen molar-refractivity contribution in [2.75, 3.05) is 7.11 Å². The van der Waals surface area contributed by atoms with E-state index < -0.39 is 18.8 Å². The minimum atomic E-state index is -2.56. The quantitative estimate of drug-likeness (QED) is 0.536. The van der Waals surface area contributed by atoms with Crippen molar-refractivity contribution in [2.45, 2.75) is 13.0 Å². The number of aromatic nitrogens is 5. The highest BCUT2D eigenvalue weighted by Gasteiger charge is 2.20. The number of nitrogens with zero attached hydrogens (tertiary/aromatic N) is 5. The van der Waals surface area contributed by atoms with Crippen molar-refractivity contribution >= 4 is 5.65 Å². The summed E-state index contributed by atoms with van der Waals surface area (Å²) in [7, 11) is 1.49. The first-order valence-electron chi connectivity index (χ1n) is 8.05. The van der Waals surface area contributed by atoms with E-state index in [1.165, 1.54) is 40.8 Å². The summed E-state index contributed by atoms with van der Waals surface area (Å²) in [6.07, 6.45) is 0.284. The first kappa shape index (κ1) is 17.1. The summed E-state index contributed by atoms with van der Waals surface area (Å²) in [5.41, 5.74) is 2.40. The van der Waals surface area contributed by atoms with E-state index >= 15 is 0 Å². The Hall–Kier alpha value is -3.36. The second-order valence-electron chi connectivity index (χ2n) is 5.78. The number of halogens is 3. The van der Waals surface area contributed by atoms with E-state index in [9.17, 15) is 13.2 Å². The summed E-state index contributed by atoms with van der Waals surface area (Å²) in [5, 5.41) is 4.47. The summed E-state index contributed by atoms with van der Waals surface area (Å²) >= 11 is 0. The number of hydrogen-bond acceptors (Lipinski definition) is 4. The number of imidazole rings is 2. The van der Waals surface area contributed by atoms with Gasteiger partial charge in [-0.2, -0.15) is 9.61 Å². The van der Waals surface area contributed by atoms with Gasteiger partial charge < -0.3 is 9.30 Å². The monoisotopic (exact) mass is 373 g/mol. The zero-order chi connectivity index (χ0) is 19.0. The maximum absolute atomic E-state index is 13.3. The Balaban J connectivity index is 1.91. The second kappa shape index (κ2) is 6.75. The van der Waals surface area contributed by atoms with Crippen molar-refractivity contribution in [1.29, 1.82) is 0 Å². The topological polar surface area (TPSA) is 57.2 Å². The Labute approximate surface area is 151 Å². The minimum Gasteiger partial charge on any atom is -0.480 e. The first-order chi connectivity index (χ1) is 13.1. The van der Waals surface area contributed by atoms with Crippen LogP contribution in [0.5, 0.6) is 5.88 Å². The van der Waals surface area contributed by atoms with Crippen LogP contribution in [-0.4, -0.2) is 37.7 Å². The molecule has 9 heteroatoms. The van der Waals surface area contributed by atoms with Gasteiger partial charge in [0, 0.05) is 5.56 Å². The van der Waals surface area contributed by atoms with Gasteiger partial charge in [-0.25, -0.2) is 23.1 Å². The number of methoxy groups -OCH3 is 1. The molecule has 0 saturated carbocycles. The third-order valence-electron chi connectivity index (χ3n) is 4.07. The van der Waals surface area contributed by atoms with Crippen molar-refractivity contribution in [1.82, 2.24) is 24.1 Å². The molecule has 0 spiro atoms. The molecule has 0 N–H and O–H groups in total. The molecule has 0 atom stereocenters. The van der Waals surface area contributed by atoms with Gasteiger partial charge in [0.05, 0.1) is 37.6 Å². The molecule has 0 unspecified atom stereocenters. The molecule has 0 aliphatic carbocycles. The van der Waals surface area contributed by atoms with Crippen LogP contribution in [0.3, 0.4) is 0 Å². The van der Waals surface area contributed by atoms with Crippen LogP contribution < -0.4 is 4.74 Å². The van der Waals surface area contributed by atoms with E-state index in [0.29, 0.717) is 34.2 Å². The van der Waals surface area contributed by atoms with Crippen LogP contribution in [0, 0.1) is 5.82 Å². The van der Waals surface area contributed by atoms with Gasteiger partial charge in [-0.3, -0.25) is 0 Å². The van der Waals surface area contributed by atoms with Crippen LogP contribution in [0.4, 0.5) is 13.2 Å². The van der Waals surface area contributed by atoms with Gasteiger partial charge in [-0.15, -0.1) is 0 Å². The van der Waals surface area contributed by atoms with Gasteiger partial charge in [-0.1, -0.05) is 0 Å². The lowest BCUT2D eigenvalue weighted by Crippen LogP contribution is -2.08. The van der Waals surface area contributed by atoms with Gasteiger partial charge in [-0.05, 0) is 36.4 Å². The summed E-state index contributed by atoms with van der Waals surface area (Å²) in [6.45, 7) is -0.537. The van der Waals surface area contributed by atoms with Crippen molar-refractivity contribution in [3.8, 4) is 28.5 Å². The molecule has 4 aromatic rings. The SMILES string of the molecule is COc1cnc2ccc(-c3c(-c4ccc(F)cc4)ncn3CC(F)F)nn12. The van der Waals surface area contributed by atoms with Crippen LogP contribution in [0.15, 0.2) is 48.9 Å². The van der Waals surface area contributed by atoms with Crippen molar-refractivity contribution in [2.24, 2.45) is 0 Å². The lowest BCUT2D eigenvalue weighted by molar-refractivity contribution is 0.127. The van der Waals surface area contributed by atoms with E-state index in [4.69, 9.17) is 4.74 Å². The van der Waals surface area contributed by atoms with Gasteiger partial charge in [0.1, 0.15) is 11.5 Å². The summed E-state index contributed by atoms with van der Waals surface area (Å²) in [6, 6.07) is 9.06. The maximum Gasteiger partial charge on any atom is 0.256 e. The number of alkyl halides is 2. The average Bonchev–Trinajstić information content (AvgIpc) is 3.25. The van der Waals surface area contributed by atoms with Crippen molar-refractivity contribution < 1.29 is 17.9 Å².